The molecular weight excluding hydrogens is 271 g/mol. The van der Waals surface area contributed by atoms with Crippen LogP contribution in [0.4, 0.5) is 0 Å². The molecule has 0 atom stereocenters. The average molecular weight is 287 g/mol. The summed E-state index contributed by atoms with van der Waals surface area (Å²) in [6, 6.07) is 5.82. The van der Waals surface area contributed by atoms with Crippen molar-refractivity contribution in [2.24, 2.45) is 0 Å². The van der Waals surface area contributed by atoms with E-state index in [0.29, 0.717) is 29.2 Å². The predicted octanol–water partition coefficient (Wildman–Crippen LogP) is 2.70. The fourth-order valence-electron chi connectivity index (χ4n) is 1.76. The zero-order valence-electron chi connectivity index (χ0n) is 10.2. The van der Waals surface area contributed by atoms with Gasteiger partial charge < -0.3 is 5.32 Å². The molecule has 98 valence electrons. The van der Waals surface area contributed by atoms with Crippen LogP contribution in [-0.2, 0) is 11.3 Å². The number of nitrogens with one attached hydrogen (secondary N) is 1. The molecular formula is C13H16Cl2N2O. The van der Waals surface area contributed by atoms with Crippen molar-refractivity contribution in [1.29, 1.82) is 0 Å². The summed E-state index contributed by atoms with van der Waals surface area (Å²) in [7, 11) is 1.88. The lowest BCUT2D eigenvalue weighted by Crippen LogP contribution is -2.36. The first-order chi connectivity index (χ1) is 8.56. The zero-order chi connectivity index (χ0) is 13.1. The minimum absolute atomic E-state index is 0.0585. The Balaban J connectivity index is 1.89. The summed E-state index contributed by atoms with van der Waals surface area (Å²) in [5.74, 6) is 0.0585. The van der Waals surface area contributed by atoms with Gasteiger partial charge in [-0.25, -0.2) is 0 Å². The van der Waals surface area contributed by atoms with Crippen LogP contribution in [0, 0.1) is 0 Å². The summed E-state index contributed by atoms with van der Waals surface area (Å²) in [6.45, 7) is 0.925. The summed E-state index contributed by atoms with van der Waals surface area (Å²) in [5, 5.41) is 4.23. The van der Waals surface area contributed by atoms with Crippen LogP contribution in [0.5, 0.6) is 0 Å². The van der Waals surface area contributed by atoms with Crippen LogP contribution in [0.2, 0.25) is 10.0 Å². The minimum atomic E-state index is 0.0585. The Morgan fingerprint density at radius 2 is 2.00 bits per heavy atom. The summed E-state index contributed by atoms with van der Waals surface area (Å²) in [5.41, 5.74) is 0.863. The number of carbonyl (C=O) groups excluding carboxylic acids is 1. The van der Waals surface area contributed by atoms with E-state index >= 15 is 0 Å². The third kappa shape index (κ3) is 3.87. The van der Waals surface area contributed by atoms with E-state index in [1.54, 1.807) is 12.1 Å². The molecule has 1 aromatic rings. The Kier molecular flexibility index (Phi) is 4.49. The van der Waals surface area contributed by atoms with E-state index < -0.39 is 0 Å². The maximum absolute atomic E-state index is 11.6. The summed E-state index contributed by atoms with van der Waals surface area (Å²) in [4.78, 5) is 13.6. The second-order valence-corrected chi connectivity index (χ2v) is 5.53. The molecule has 1 saturated carbocycles. The molecule has 2 rings (SSSR count). The number of hydrogen-bond acceptors (Lipinski definition) is 2. The van der Waals surface area contributed by atoms with Gasteiger partial charge >= 0.3 is 0 Å². The molecule has 5 heteroatoms. The van der Waals surface area contributed by atoms with Crippen LogP contribution in [0.1, 0.15) is 18.4 Å². The molecule has 0 aliphatic heterocycles. The number of halogens is 2. The number of benzene rings is 1. The van der Waals surface area contributed by atoms with Gasteiger partial charge in [0.25, 0.3) is 0 Å². The Bertz CT molecular complexity index is 426. The van der Waals surface area contributed by atoms with Gasteiger partial charge in [-0.3, -0.25) is 9.69 Å². The van der Waals surface area contributed by atoms with Crippen LogP contribution in [-0.4, -0.2) is 30.4 Å². The van der Waals surface area contributed by atoms with Crippen LogP contribution < -0.4 is 5.32 Å². The van der Waals surface area contributed by atoms with Crippen molar-refractivity contribution in [2.75, 3.05) is 13.6 Å². The van der Waals surface area contributed by atoms with Crippen LogP contribution in [0.3, 0.4) is 0 Å². The lowest BCUT2D eigenvalue weighted by Gasteiger charge is -2.17. The molecule has 0 spiro atoms. The lowest BCUT2D eigenvalue weighted by atomic mass is 10.2. The fourth-order valence-corrected chi connectivity index (χ4v) is 2.27. The molecule has 0 aromatic heterocycles. The molecule has 1 aliphatic rings. The molecule has 1 fully saturated rings. The normalized spacial score (nSPS) is 14.9. The topological polar surface area (TPSA) is 32.3 Å². The van der Waals surface area contributed by atoms with E-state index in [1.807, 2.05) is 18.0 Å². The van der Waals surface area contributed by atoms with Gasteiger partial charge in [0, 0.05) is 28.2 Å². The van der Waals surface area contributed by atoms with Gasteiger partial charge in [0.2, 0.25) is 5.91 Å². The highest BCUT2D eigenvalue weighted by atomic mass is 35.5. The lowest BCUT2D eigenvalue weighted by molar-refractivity contribution is -0.122. The molecule has 3 nitrogen and oxygen atoms in total. The molecule has 18 heavy (non-hydrogen) atoms. The van der Waals surface area contributed by atoms with E-state index in [1.165, 1.54) is 0 Å². The van der Waals surface area contributed by atoms with Crippen molar-refractivity contribution in [3.05, 3.63) is 33.8 Å². The second kappa shape index (κ2) is 5.91. The Labute approximate surface area is 117 Å². The fraction of sp³-hybridized carbons (Fsp3) is 0.462. The number of amides is 1. The van der Waals surface area contributed by atoms with Gasteiger partial charge in [0.05, 0.1) is 6.54 Å². The Morgan fingerprint density at radius 3 is 2.56 bits per heavy atom. The van der Waals surface area contributed by atoms with Gasteiger partial charge in [0.15, 0.2) is 0 Å². The largest absolute Gasteiger partial charge is 0.352 e. The van der Waals surface area contributed by atoms with E-state index in [-0.39, 0.29) is 5.91 Å². The molecule has 1 aromatic carbocycles. The van der Waals surface area contributed by atoms with Crippen molar-refractivity contribution in [3.63, 3.8) is 0 Å². The molecule has 0 radical (unpaired) electrons. The highest BCUT2D eigenvalue weighted by molar-refractivity contribution is 6.35. The van der Waals surface area contributed by atoms with Gasteiger partial charge in [-0.2, -0.15) is 0 Å². The van der Waals surface area contributed by atoms with E-state index in [2.05, 4.69) is 5.32 Å². The van der Waals surface area contributed by atoms with Gasteiger partial charge in [0.1, 0.15) is 0 Å². The number of nitrogens with zero attached hydrogens (tertiary/aromatic N) is 1. The standard InChI is InChI=1S/C13H16Cl2N2O/c1-17(8-13(18)16-9-5-6-9)7-10-11(14)3-2-4-12(10)15/h2-4,9H,5-8H2,1H3,(H,16,18). The second-order valence-electron chi connectivity index (χ2n) is 4.71. The van der Waals surface area contributed by atoms with Crippen LogP contribution >= 0.6 is 23.2 Å². The van der Waals surface area contributed by atoms with Crippen LogP contribution in [0.15, 0.2) is 18.2 Å². The van der Waals surface area contributed by atoms with Gasteiger partial charge in [-0.15, -0.1) is 0 Å². The van der Waals surface area contributed by atoms with E-state index in [0.717, 1.165) is 18.4 Å². The van der Waals surface area contributed by atoms with Crippen molar-refractivity contribution >= 4 is 29.1 Å². The van der Waals surface area contributed by atoms with Crippen molar-refractivity contribution in [1.82, 2.24) is 10.2 Å². The number of carbonyl (C=O) groups is 1. The maximum Gasteiger partial charge on any atom is 0.234 e. The number of hydrogen-bond donors (Lipinski definition) is 1. The van der Waals surface area contributed by atoms with E-state index in [9.17, 15) is 4.79 Å². The Hall–Kier alpha value is -0.770. The molecule has 1 amide bonds. The average Bonchev–Trinajstić information content (AvgIpc) is 3.07. The third-order valence-electron chi connectivity index (χ3n) is 2.85. The smallest absolute Gasteiger partial charge is 0.234 e. The zero-order valence-corrected chi connectivity index (χ0v) is 11.8. The first kappa shape index (κ1) is 13.7. The number of likely N-dealkylation sites (N-methyl/N-ethyl adjacent to an activating group) is 1. The number of rotatable bonds is 5. The van der Waals surface area contributed by atoms with Crippen molar-refractivity contribution < 1.29 is 4.79 Å². The molecule has 0 unspecified atom stereocenters. The van der Waals surface area contributed by atoms with Crippen molar-refractivity contribution in [3.8, 4) is 0 Å². The Morgan fingerprint density at radius 1 is 1.39 bits per heavy atom. The van der Waals surface area contributed by atoms with Gasteiger partial charge in [-0.05, 0) is 32.0 Å². The highest BCUT2D eigenvalue weighted by Crippen LogP contribution is 2.25. The first-order valence-electron chi connectivity index (χ1n) is 5.97. The minimum Gasteiger partial charge on any atom is -0.352 e. The molecule has 0 bridgehead atoms. The maximum atomic E-state index is 11.6. The highest BCUT2D eigenvalue weighted by Gasteiger charge is 2.23. The van der Waals surface area contributed by atoms with Gasteiger partial charge in [-0.1, -0.05) is 29.3 Å². The first-order valence-corrected chi connectivity index (χ1v) is 6.72. The molecule has 0 heterocycles. The summed E-state index contributed by atoms with van der Waals surface area (Å²) >= 11 is 12.2. The SMILES string of the molecule is CN(CC(=O)NC1CC1)Cc1c(Cl)cccc1Cl. The quantitative estimate of drug-likeness (QED) is 0.903. The van der Waals surface area contributed by atoms with Crippen molar-refractivity contribution in [2.45, 2.75) is 25.4 Å². The third-order valence-corrected chi connectivity index (χ3v) is 3.55. The molecule has 0 saturated heterocycles. The van der Waals surface area contributed by atoms with Crippen LogP contribution in [0.25, 0.3) is 0 Å². The van der Waals surface area contributed by atoms with E-state index in [4.69, 9.17) is 23.2 Å². The summed E-state index contributed by atoms with van der Waals surface area (Å²) in [6.07, 6.45) is 2.21. The molecule has 1 aliphatic carbocycles. The summed E-state index contributed by atoms with van der Waals surface area (Å²) < 4.78 is 0. The predicted molar refractivity (Wildman–Crippen MR) is 74.0 cm³/mol. The molecule has 1 N–H and O–H groups in total. The monoisotopic (exact) mass is 286 g/mol.